The molecule has 1 fully saturated rings. The Morgan fingerprint density at radius 3 is 1.88 bits per heavy atom. The van der Waals surface area contributed by atoms with Crippen molar-refractivity contribution >= 4 is 5.91 Å². The smallest absolute Gasteiger partial charge is 0.220 e. The van der Waals surface area contributed by atoms with E-state index in [9.17, 15) is 4.79 Å². The van der Waals surface area contributed by atoms with Gasteiger partial charge in [-0.3, -0.25) is 4.79 Å². The number of hydrogen-bond acceptors (Lipinski definition) is 2. The van der Waals surface area contributed by atoms with E-state index < -0.39 is 0 Å². The summed E-state index contributed by atoms with van der Waals surface area (Å²) in [6.07, 6.45) is 28.5. The molecule has 0 bridgehead atoms. The Labute approximate surface area is 160 Å². The number of unbranched alkanes of at least 4 members (excludes halogenated alkanes) is 4. The maximum atomic E-state index is 11.5. The molecular weight excluding hydrogens is 322 g/mol. The van der Waals surface area contributed by atoms with Gasteiger partial charge in [0.15, 0.2) is 0 Å². The Balaban J connectivity index is 1.88. The lowest BCUT2D eigenvalue weighted by Crippen LogP contribution is -2.27. The fraction of sp³-hybridized carbons (Fsp3) is 0.609. The standard InChI is InChI=1S/C23H37NO2/c1-2-3-4-5-6-7-8-9-10-11-12-13-14-15-16-17-18-19-23(26)24-21-20-22(21)25/h6-7,9-10,12-13,15-16,21-22,25H,2-5,8,11,14,17-20H2,1H3,(H,24,26)/b7-6-,10-9-,13-12-,16-15-/t21-,22-/m1/s1. The van der Waals surface area contributed by atoms with Gasteiger partial charge in [-0.05, 0) is 51.4 Å². The molecule has 0 aromatic rings. The molecule has 1 aliphatic carbocycles. The third-order valence-corrected chi connectivity index (χ3v) is 4.34. The zero-order valence-electron chi connectivity index (χ0n) is 16.4. The van der Waals surface area contributed by atoms with Gasteiger partial charge in [-0.15, -0.1) is 0 Å². The van der Waals surface area contributed by atoms with E-state index in [1.807, 2.05) is 0 Å². The summed E-state index contributed by atoms with van der Waals surface area (Å²) >= 11 is 0. The molecule has 0 radical (unpaired) electrons. The van der Waals surface area contributed by atoms with Crippen LogP contribution in [0.4, 0.5) is 0 Å². The van der Waals surface area contributed by atoms with Gasteiger partial charge in [-0.1, -0.05) is 68.4 Å². The Kier molecular flexibility index (Phi) is 13.5. The summed E-state index contributed by atoms with van der Waals surface area (Å²) in [7, 11) is 0. The van der Waals surface area contributed by atoms with Crippen LogP contribution in [0.15, 0.2) is 48.6 Å². The first-order valence-corrected chi connectivity index (χ1v) is 10.3. The van der Waals surface area contributed by atoms with Crippen LogP contribution in [-0.4, -0.2) is 23.2 Å². The van der Waals surface area contributed by atoms with Crippen LogP contribution in [0.5, 0.6) is 0 Å². The van der Waals surface area contributed by atoms with Gasteiger partial charge in [-0.25, -0.2) is 0 Å². The molecule has 26 heavy (non-hydrogen) atoms. The van der Waals surface area contributed by atoms with Gasteiger partial charge >= 0.3 is 0 Å². The van der Waals surface area contributed by atoms with Crippen molar-refractivity contribution in [2.24, 2.45) is 0 Å². The Morgan fingerprint density at radius 1 is 0.885 bits per heavy atom. The summed E-state index contributed by atoms with van der Waals surface area (Å²) in [5.74, 6) is 0.0578. The Morgan fingerprint density at radius 2 is 1.38 bits per heavy atom. The number of carbonyl (C=O) groups is 1. The fourth-order valence-electron chi connectivity index (χ4n) is 2.56. The Hall–Kier alpha value is -1.61. The zero-order chi connectivity index (χ0) is 18.9. The van der Waals surface area contributed by atoms with Crippen LogP contribution in [0.3, 0.4) is 0 Å². The van der Waals surface area contributed by atoms with Crippen molar-refractivity contribution in [2.75, 3.05) is 0 Å². The quantitative estimate of drug-likeness (QED) is 0.304. The van der Waals surface area contributed by atoms with Crippen molar-refractivity contribution in [1.29, 1.82) is 0 Å². The molecule has 0 saturated heterocycles. The number of allylic oxidation sites excluding steroid dienone is 8. The van der Waals surface area contributed by atoms with E-state index in [-0.39, 0.29) is 18.1 Å². The van der Waals surface area contributed by atoms with E-state index in [1.54, 1.807) is 0 Å². The third-order valence-electron chi connectivity index (χ3n) is 4.34. The maximum absolute atomic E-state index is 11.5. The molecule has 3 nitrogen and oxygen atoms in total. The van der Waals surface area contributed by atoms with Crippen LogP contribution >= 0.6 is 0 Å². The molecule has 0 aromatic carbocycles. The van der Waals surface area contributed by atoms with Crippen molar-refractivity contribution in [2.45, 2.75) is 89.7 Å². The molecule has 2 atom stereocenters. The van der Waals surface area contributed by atoms with Gasteiger partial charge in [0.05, 0.1) is 12.1 Å². The normalized spacial score (nSPS) is 20.1. The van der Waals surface area contributed by atoms with Crippen molar-refractivity contribution in [3.8, 4) is 0 Å². The minimum atomic E-state index is -0.313. The highest BCUT2D eigenvalue weighted by Gasteiger charge is 2.36. The molecule has 0 aromatic heterocycles. The number of aliphatic hydroxyl groups excluding tert-OH is 1. The highest BCUT2D eigenvalue weighted by molar-refractivity contribution is 5.76. The second-order valence-corrected chi connectivity index (χ2v) is 6.96. The minimum absolute atomic E-state index is 0.0130. The molecule has 0 aliphatic heterocycles. The number of nitrogens with one attached hydrogen (secondary N) is 1. The van der Waals surface area contributed by atoms with Crippen molar-refractivity contribution in [1.82, 2.24) is 5.32 Å². The topological polar surface area (TPSA) is 49.3 Å². The summed E-state index contributed by atoms with van der Waals surface area (Å²) in [5.41, 5.74) is 0. The number of carbonyl (C=O) groups excluding carboxylic acids is 1. The SMILES string of the molecule is CCCCC/C=C\C/C=C\C/C=C\C/C=C\CCCC(=O)N[C@@H]1C[C@H]1O. The number of amides is 1. The highest BCUT2D eigenvalue weighted by atomic mass is 16.3. The van der Waals surface area contributed by atoms with E-state index in [1.165, 1.54) is 25.7 Å². The first-order valence-electron chi connectivity index (χ1n) is 10.3. The van der Waals surface area contributed by atoms with Crippen LogP contribution in [0, 0.1) is 0 Å². The van der Waals surface area contributed by atoms with Crippen LogP contribution in [0.2, 0.25) is 0 Å². The highest BCUT2D eigenvalue weighted by Crippen LogP contribution is 2.20. The average Bonchev–Trinajstić information content (AvgIpc) is 3.32. The van der Waals surface area contributed by atoms with Crippen molar-refractivity contribution in [3.63, 3.8) is 0 Å². The molecule has 146 valence electrons. The van der Waals surface area contributed by atoms with E-state index in [2.05, 4.69) is 60.8 Å². The lowest BCUT2D eigenvalue weighted by Gasteiger charge is -2.01. The van der Waals surface area contributed by atoms with Crippen molar-refractivity contribution < 1.29 is 9.90 Å². The van der Waals surface area contributed by atoms with E-state index >= 15 is 0 Å². The lowest BCUT2D eigenvalue weighted by atomic mass is 10.2. The van der Waals surface area contributed by atoms with Crippen LogP contribution < -0.4 is 5.32 Å². The van der Waals surface area contributed by atoms with Gasteiger partial charge in [0.1, 0.15) is 0 Å². The number of aliphatic hydroxyl groups is 1. The van der Waals surface area contributed by atoms with Crippen LogP contribution in [-0.2, 0) is 4.79 Å². The molecule has 2 N–H and O–H groups in total. The molecule has 0 heterocycles. The average molecular weight is 360 g/mol. The second-order valence-electron chi connectivity index (χ2n) is 6.96. The van der Waals surface area contributed by atoms with Crippen LogP contribution in [0.25, 0.3) is 0 Å². The molecule has 1 amide bonds. The molecule has 1 aliphatic rings. The largest absolute Gasteiger partial charge is 0.391 e. The lowest BCUT2D eigenvalue weighted by molar-refractivity contribution is -0.121. The zero-order valence-corrected chi connectivity index (χ0v) is 16.4. The summed E-state index contributed by atoms with van der Waals surface area (Å²) < 4.78 is 0. The Bertz CT molecular complexity index is 477. The maximum Gasteiger partial charge on any atom is 0.220 e. The summed E-state index contributed by atoms with van der Waals surface area (Å²) in [6, 6.07) is 0.0130. The first kappa shape index (κ1) is 22.4. The van der Waals surface area contributed by atoms with Gasteiger partial charge in [-0.2, -0.15) is 0 Å². The number of hydrogen-bond donors (Lipinski definition) is 2. The molecule has 1 saturated carbocycles. The van der Waals surface area contributed by atoms with E-state index in [4.69, 9.17) is 5.11 Å². The summed E-state index contributed by atoms with van der Waals surface area (Å²) in [4.78, 5) is 11.5. The van der Waals surface area contributed by atoms with Gasteiger partial charge in [0, 0.05) is 6.42 Å². The van der Waals surface area contributed by atoms with Gasteiger partial charge in [0.2, 0.25) is 5.91 Å². The van der Waals surface area contributed by atoms with E-state index in [0.717, 1.165) is 32.1 Å². The predicted octanol–water partition coefficient (Wildman–Crippen LogP) is 5.38. The third kappa shape index (κ3) is 13.7. The van der Waals surface area contributed by atoms with Crippen LogP contribution in [0.1, 0.15) is 77.6 Å². The molecule has 0 spiro atoms. The first-order chi connectivity index (χ1) is 12.7. The monoisotopic (exact) mass is 359 g/mol. The fourth-order valence-corrected chi connectivity index (χ4v) is 2.56. The molecule has 3 heteroatoms. The number of rotatable bonds is 15. The van der Waals surface area contributed by atoms with E-state index in [0.29, 0.717) is 12.8 Å². The van der Waals surface area contributed by atoms with Gasteiger partial charge in [0.25, 0.3) is 0 Å². The minimum Gasteiger partial charge on any atom is -0.391 e. The molecular formula is C23H37NO2. The van der Waals surface area contributed by atoms with Gasteiger partial charge < -0.3 is 10.4 Å². The van der Waals surface area contributed by atoms with Crippen molar-refractivity contribution in [3.05, 3.63) is 48.6 Å². The molecule has 1 rings (SSSR count). The summed E-state index contributed by atoms with van der Waals surface area (Å²) in [6.45, 7) is 2.24. The second kappa shape index (κ2) is 15.6. The summed E-state index contributed by atoms with van der Waals surface area (Å²) in [5, 5.41) is 12.0. The predicted molar refractivity (Wildman–Crippen MR) is 111 cm³/mol. The molecule has 0 unspecified atom stereocenters.